The summed E-state index contributed by atoms with van der Waals surface area (Å²) in [6.45, 7) is 0. The SMILES string of the molecule is O=Cc1cc(C#CSI)ccc1O. The zero-order valence-electron chi connectivity index (χ0n) is 6.45. The maximum Gasteiger partial charge on any atom is 0.153 e. The summed E-state index contributed by atoms with van der Waals surface area (Å²) in [6, 6.07) is 4.69. The summed E-state index contributed by atoms with van der Waals surface area (Å²) in [6.07, 6.45) is 0.609. The third kappa shape index (κ3) is 2.94. The Balaban J connectivity index is 3.06. The van der Waals surface area contributed by atoms with Crippen molar-refractivity contribution in [1.29, 1.82) is 0 Å². The van der Waals surface area contributed by atoms with Gasteiger partial charge in [-0.1, -0.05) is 5.92 Å². The third-order valence-electron chi connectivity index (χ3n) is 1.39. The number of hydrogen-bond donors (Lipinski definition) is 1. The second-order valence-corrected chi connectivity index (χ2v) is 3.88. The molecule has 0 radical (unpaired) electrons. The molecular formula is C9H5IO2S. The van der Waals surface area contributed by atoms with Crippen LogP contribution in [0.3, 0.4) is 0 Å². The number of benzene rings is 1. The number of aromatic hydroxyl groups is 1. The number of rotatable bonds is 1. The van der Waals surface area contributed by atoms with Gasteiger partial charge in [-0.25, -0.2) is 0 Å². The first-order chi connectivity index (χ1) is 6.27. The standard InChI is InChI=1S/C9H5IO2S/c10-13-4-3-7-1-2-9(12)8(5-7)6-11/h1-2,5-6,12H. The van der Waals surface area contributed by atoms with E-state index in [1.807, 2.05) is 0 Å². The number of phenolic OH excluding ortho intramolecular Hbond substituents is 1. The van der Waals surface area contributed by atoms with Crippen LogP contribution in [0.4, 0.5) is 0 Å². The summed E-state index contributed by atoms with van der Waals surface area (Å²) in [4.78, 5) is 10.4. The van der Waals surface area contributed by atoms with Crippen molar-refractivity contribution in [2.24, 2.45) is 0 Å². The Bertz CT molecular complexity index is 379. The monoisotopic (exact) mass is 304 g/mol. The van der Waals surface area contributed by atoms with Gasteiger partial charge in [-0.3, -0.25) is 4.79 Å². The molecule has 0 atom stereocenters. The Kier molecular flexibility index (Phi) is 4.12. The Morgan fingerprint density at radius 1 is 1.54 bits per heavy atom. The molecule has 13 heavy (non-hydrogen) atoms. The van der Waals surface area contributed by atoms with E-state index in [4.69, 9.17) is 0 Å². The van der Waals surface area contributed by atoms with E-state index in [1.54, 1.807) is 12.1 Å². The van der Waals surface area contributed by atoms with E-state index in [2.05, 4.69) is 32.4 Å². The fourth-order valence-electron chi connectivity index (χ4n) is 0.805. The fraction of sp³-hybridized carbons (Fsp3) is 0. The van der Waals surface area contributed by atoms with Gasteiger partial charge in [-0.05, 0) is 32.4 Å². The molecule has 0 bridgehead atoms. The summed E-state index contributed by atoms with van der Waals surface area (Å²) in [5, 5.41) is 12.0. The number of carbonyl (C=O) groups excluding carboxylic acids is 1. The lowest BCUT2D eigenvalue weighted by Crippen LogP contribution is -1.82. The van der Waals surface area contributed by atoms with Crippen LogP contribution in [0.1, 0.15) is 15.9 Å². The third-order valence-corrected chi connectivity index (χ3v) is 2.23. The molecule has 0 saturated heterocycles. The molecule has 0 unspecified atom stereocenters. The van der Waals surface area contributed by atoms with Gasteiger partial charge in [0.15, 0.2) is 6.29 Å². The van der Waals surface area contributed by atoms with Gasteiger partial charge in [0.1, 0.15) is 5.75 Å². The van der Waals surface area contributed by atoms with E-state index in [-0.39, 0.29) is 11.3 Å². The highest BCUT2D eigenvalue weighted by molar-refractivity contribution is 14.2. The minimum absolute atomic E-state index is 0.0114. The summed E-state index contributed by atoms with van der Waals surface area (Å²) in [5.41, 5.74) is 0.995. The lowest BCUT2D eigenvalue weighted by Gasteiger charge is -1.96. The lowest BCUT2D eigenvalue weighted by molar-refractivity contribution is 0.112. The summed E-state index contributed by atoms with van der Waals surface area (Å²) >= 11 is 2.06. The van der Waals surface area contributed by atoms with Crippen LogP contribution < -0.4 is 0 Å². The second kappa shape index (κ2) is 5.14. The first-order valence-corrected chi connectivity index (χ1v) is 6.70. The van der Waals surface area contributed by atoms with Crippen LogP contribution >= 0.6 is 30.1 Å². The predicted molar refractivity (Wildman–Crippen MR) is 62.0 cm³/mol. The lowest BCUT2D eigenvalue weighted by atomic mass is 10.1. The Labute approximate surface area is 92.3 Å². The molecular weight excluding hydrogens is 299 g/mol. The van der Waals surface area contributed by atoms with Gasteiger partial charge in [0, 0.05) is 26.8 Å². The second-order valence-electron chi connectivity index (χ2n) is 2.20. The molecule has 0 aromatic heterocycles. The van der Waals surface area contributed by atoms with E-state index in [9.17, 15) is 9.90 Å². The number of aldehydes is 1. The minimum atomic E-state index is -0.0114. The molecule has 0 amide bonds. The molecule has 2 nitrogen and oxygen atoms in total. The predicted octanol–water partition coefficient (Wildman–Crippen LogP) is 2.60. The minimum Gasteiger partial charge on any atom is -0.507 e. The van der Waals surface area contributed by atoms with Gasteiger partial charge in [-0.2, -0.15) is 0 Å². The fourth-order valence-corrected chi connectivity index (χ4v) is 1.29. The molecule has 0 aliphatic carbocycles. The Morgan fingerprint density at radius 2 is 2.31 bits per heavy atom. The summed E-state index contributed by atoms with van der Waals surface area (Å²) < 4.78 is 0. The molecule has 1 N–H and O–H groups in total. The zero-order chi connectivity index (χ0) is 9.68. The summed E-state index contributed by atoms with van der Waals surface area (Å²) in [7, 11) is 1.37. The quantitative estimate of drug-likeness (QED) is 0.492. The van der Waals surface area contributed by atoms with Gasteiger partial charge < -0.3 is 5.11 Å². The van der Waals surface area contributed by atoms with Gasteiger partial charge in [0.2, 0.25) is 0 Å². The van der Waals surface area contributed by atoms with Crippen molar-refractivity contribution in [1.82, 2.24) is 0 Å². The van der Waals surface area contributed by atoms with Gasteiger partial charge in [0.25, 0.3) is 0 Å². The molecule has 4 heteroatoms. The van der Waals surface area contributed by atoms with Crippen LogP contribution in [0, 0.1) is 11.2 Å². The molecule has 1 aromatic carbocycles. The molecule has 0 heterocycles. The number of phenols is 1. The van der Waals surface area contributed by atoms with Crippen molar-refractivity contribution >= 4 is 36.4 Å². The molecule has 0 fully saturated rings. The van der Waals surface area contributed by atoms with Crippen LogP contribution in [-0.4, -0.2) is 11.4 Å². The largest absolute Gasteiger partial charge is 0.507 e. The highest BCUT2D eigenvalue weighted by atomic mass is 127. The van der Waals surface area contributed by atoms with Gasteiger partial charge >= 0.3 is 0 Å². The average Bonchev–Trinajstić information content (AvgIpc) is 2.16. The molecule has 66 valence electrons. The smallest absolute Gasteiger partial charge is 0.153 e. The average molecular weight is 304 g/mol. The van der Waals surface area contributed by atoms with Gasteiger partial charge in [0.05, 0.1) is 5.56 Å². The molecule has 0 aliphatic heterocycles. The molecule has 0 aliphatic rings. The first-order valence-electron chi connectivity index (χ1n) is 3.34. The molecule has 1 aromatic rings. The maximum atomic E-state index is 10.4. The number of hydrogen-bond acceptors (Lipinski definition) is 3. The van der Waals surface area contributed by atoms with Crippen molar-refractivity contribution < 1.29 is 9.90 Å². The number of carbonyl (C=O) groups is 1. The van der Waals surface area contributed by atoms with E-state index < -0.39 is 0 Å². The Hall–Kier alpha value is -0.670. The van der Waals surface area contributed by atoms with E-state index in [0.717, 1.165) is 5.56 Å². The van der Waals surface area contributed by atoms with Crippen LogP contribution in [-0.2, 0) is 0 Å². The van der Waals surface area contributed by atoms with E-state index in [0.29, 0.717) is 6.29 Å². The summed E-state index contributed by atoms with van der Waals surface area (Å²) in [5.74, 6) is 2.82. The highest BCUT2D eigenvalue weighted by Crippen LogP contribution is 2.16. The maximum absolute atomic E-state index is 10.4. The Morgan fingerprint density at radius 3 is 2.92 bits per heavy atom. The topological polar surface area (TPSA) is 37.3 Å². The van der Waals surface area contributed by atoms with E-state index >= 15 is 0 Å². The van der Waals surface area contributed by atoms with Crippen LogP contribution in [0.2, 0.25) is 0 Å². The van der Waals surface area contributed by atoms with Crippen molar-refractivity contribution in [3.8, 4) is 16.9 Å². The van der Waals surface area contributed by atoms with Crippen molar-refractivity contribution in [3.63, 3.8) is 0 Å². The van der Waals surface area contributed by atoms with Gasteiger partial charge in [-0.15, -0.1) is 0 Å². The molecule has 0 saturated carbocycles. The van der Waals surface area contributed by atoms with Crippen molar-refractivity contribution in [2.45, 2.75) is 0 Å². The molecule has 0 spiro atoms. The van der Waals surface area contributed by atoms with E-state index in [1.165, 1.54) is 15.0 Å². The van der Waals surface area contributed by atoms with Crippen LogP contribution in [0.15, 0.2) is 18.2 Å². The first kappa shape index (κ1) is 10.4. The van der Waals surface area contributed by atoms with Crippen molar-refractivity contribution in [3.05, 3.63) is 29.3 Å². The molecule has 1 rings (SSSR count). The van der Waals surface area contributed by atoms with Crippen LogP contribution in [0.25, 0.3) is 0 Å². The zero-order valence-corrected chi connectivity index (χ0v) is 9.43. The highest BCUT2D eigenvalue weighted by Gasteiger charge is 1.98. The number of halogens is 1. The normalized spacial score (nSPS) is 8.69. The van der Waals surface area contributed by atoms with Crippen LogP contribution in [0.5, 0.6) is 5.75 Å². The van der Waals surface area contributed by atoms with Crippen molar-refractivity contribution in [2.75, 3.05) is 0 Å².